The van der Waals surface area contributed by atoms with Crippen molar-refractivity contribution in [1.82, 2.24) is 4.40 Å². The van der Waals surface area contributed by atoms with Crippen LogP contribution in [0.15, 0.2) is 24.5 Å². The van der Waals surface area contributed by atoms with Crippen molar-refractivity contribution in [1.29, 1.82) is 0 Å². The molecule has 0 saturated carbocycles. The number of fused-ring (bicyclic) bond motifs is 1. The van der Waals surface area contributed by atoms with Crippen LogP contribution in [0.5, 0.6) is 0 Å². The van der Waals surface area contributed by atoms with Crippen LogP contribution in [-0.2, 0) is 6.54 Å². The Labute approximate surface area is 94.9 Å². The van der Waals surface area contributed by atoms with Crippen LogP contribution < -0.4 is 5.73 Å². The summed E-state index contributed by atoms with van der Waals surface area (Å²) in [6.07, 6.45) is 4.47. The largest absolute Gasteiger partial charge is 0.326 e. The minimum Gasteiger partial charge on any atom is -0.326 e. The van der Waals surface area contributed by atoms with Crippen LogP contribution in [0.25, 0.3) is 5.52 Å². The smallest absolute Gasteiger partial charge is 0.162 e. The highest BCUT2D eigenvalue weighted by molar-refractivity contribution is 5.98. The average molecular weight is 216 g/mol. The van der Waals surface area contributed by atoms with E-state index in [4.69, 9.17) is 5.73 Å². The summed E-state index contributed by atoms with van der Waals surface area (Å²) in [4.78, 5) is 11.7. The molecule has 0 aliphatic carbocycles. The molecule has 2 aromatic rings. The van der Waals surface area contributed by atoms with Gasteiger partial charge in [-0.1, -0.05) is 6.92 Å². The molecule has 0 aliphatic rings. The zero-order valence-electron chi connectivity index (χ0n) is 9.66. The Bertz CT molecular complexity index is 540. The van der Waals surface area contributed by atoms with Gasteiger partial charge in [0.1, 0.15) is 0 Å². The molecule has 2 N–H and O–H groups in total. The van der Waals surface area contributed by atoms with Gasteiger partial charge in [-0.05, 0) is 30.2 Å². The summed E-state index contributed by atoms with van der Waals surface area (Å²) < 4.78 is 2.02. The Morgan fingerprint density at radius 2 is 2.25 bits per heavy atom. The van der Waals surface area contributed by atoms with E-state index >= 15 is 0 Å². The maximum atomic E-state index is 11.7. The van der Waals surface area contributed by atoms with Gasteiger partial charge < -0.3 is 10.1 Å². The Morgan fingerprint density at radius 3 is 2.88 bits per heavy atom. The van der Waals surface area contributed by atoms with E-state index in [1.807, 2.05) is 42.8 Å². The van der Waals surface area contributed by atoms with Crippen LogP contribution in [0, 0.1) is 6.92 Å². The van der Waals surface area contributed by atoms with Crippen LogP contribution in [0.3, 0.4) is 0 Å². The lowest BCUT2D eigenvalue weighted by Crippen LogP contribution is -2.01. The quantitative estimate of drug-likeness (QED) is 0.800. The number of rotatable bonds is 3. The molecule has 0 fully saturated rings. The SMILES string of the molecule is CCC(=O)c1ccn2cc(CN)cc2c1C. The average Bonchev–Trinajstić information content (AvgIpc) is 2.72. The van der Waals surface area contributed by atoms with E-state index in [0.29, 0.717) is 13.0 Å². The second-order valence-electron chi connectivity index (χ2n) is 3.98. The fourth-order valence-electron chi connectivity index (χ4n) is 1.98. The van der Waals surface area contributed by atoms with Crippen LogP contribution in [-0.4, -0.2) is 10.2 Å². The second-order valence-corrected chi connectivity index (χ2v) is 3.98. The van der Waals surface area contributed by atoms with Gasteiger partial charge in [-0.15, -0.1) is 0 Å². The Kier molecular flexibility index (Phi) is 2.79. The van der Waals surface area contributed by atoms with E-state index in [1.54, 1.807) is 0 Å². The molecule has 0 aromatic carbocycles. The fourth-order valence-corrected chi connectivity index (χ4v) is 1.98. The van der Waals surface area contributed by atoms with Gasteiger partial charge in [-0.3, -0.25) is 4.79 Å². The van der Waals surface area contributed by atoms with E-state index < -0.39 is 0 Å². The number of nitrogens with two attached hydrogens (primary N) is 1. The summed E-state index contributed by atoms with van der Waals surface area (Å²) in [6.45, 7) is 4.39. The first-order chi connectivity index (χ1) is 7.67. The summed E-state index contributed by atoms with van der Waals surface area (Å²) in [5.74, 6) is 0.190. The monoisotopic (exact) mass is 216 g/mol. The van der Waals surface area contributed by atoms with Crippen molar-refractivity contribution in [3.63, 3.8) is 0 Å². The van der Waals surface area contributed by atoms with Crippen molar-refractivity contribution in [3.05, 3.63) is 41.2 Å². The third-order valence-electron chi connectivity index (χ3n) is 2.95. The lowest BCUT2D eigenvalue weighted by Gasteiger charge is -2.05. The van der Waals surface area contributed by atoms with Gasteiger partial charge in [0.2, 0.25) is 0 Å². The summed E-state index contributed by atoms with van der Waals surface area (Å²) in [6, 6.07) is 3.93. The van der Waals surface area contributed by atoms with Crippen molar-refractivity contribution in [2.75, 3.05) is 0 Å². The molecular formula is C13H16N2O. The third kappa shape index (κ3) is 1.63. The van der Waals surface area contributed by atoms with Gasteiger partial charge in [-0.2, -0.15) is 0 Å². The van der Waals surface area contributed by atoms with Gasteiger partial charge in [-0.25, -0.2) is 0 Å². The number of aryl methyl sites for hydroxylation is 1. The number of carbonyl (C=O) groups is 1. The zero-order chi connectivity index (χ0) is 11.7. The first kappa shape index (κ1) is 10.9. The fraction of sp³-hybridized carbons (Fsp3) is 0.308. The highest BCUT2D eigenvalue weighted by atomic mass is 16.1. The Morgan fingerprint density at radius 1 is 1.50 bits per heavy atom. The standard InChI is InChI=1S/C13H16N2O/c1-3-13(16)11-4-5-15-8-10(7-14)6-12(15)9(11)2/h4-6,8H,3,7,14H2,1-2H3. The van der Waals surface area contributed by atoms with E-state index in [0.717, 1.165) is 22.2 Å². The molecule has 2 rings (SSSR count). The lowest BCUT2D eigenvalue weighted by molar-refractivity contribution is 0.0987. The maximum absolute atomic E-state index is 11.7. The normalized spacial score (nSPS) is 10.9. The Balaban J connectivity index is 2.64. The molecule has 0 radical (unpaired) electrons. The summed E-state index contributed by atoms with van der Waals surface area (Å²) in [7, 11) is 0. The predicted molar refractivity (Wildman–Crippen MR) is 64.6 cm³/mol. The van der Waals surface area contributed by atoms with E-state index in [9.17, 15) is 4.79 Å². The number of pyridine rings is 1. The molecule has 0 aliphatic heterocycles. The highest BCUT2D eigenvalue weighted by Gasteiger charge is 2.10. The zero-order valence-corrected chi connectivity index (χ0v) is 9.66. The molecule has 0 spiro atoms. The number of ketones is 1. The first-order valence-corrected chi connectivity index (χ1v) is 5.50. The van der Waals surface area contributed by atoms with Crippen molar-refractivity contribution in [3.8, 4) is 0 Å². The number of hydrogen-bond donors (Lipinski definition) is 1. The van der Waals surface area contributed by atoms with Crippen molar-refractivity contribution < 1.29 is 4.79 Å². The minimum atomic E-state index is 0.190. The summed E-state index contributed by atoms with van der Waals surface area (Å²) in [5, 5.41) is 0. The number of carbonyl (C=O) groups excluding carboxylic acids is 1. The molecular weight excluding hydrogens is 200 g/mol. The van der Waals surface area contributed by atoms with Gasteiger partial charge in [0.25, 0.3) is 0 Å². The van der Waals surface area contributed by atoms with Crippen LogP contribution in [0.4, 0.5) is 0 Å². The summed E-state index contributed by atoms with van der Waals surface area (Å²) >= 11 is 0. The molecule has 0 bridgehead atoms. The van der Waals surface area contributed by atoms with E-state index in [1.165, 1.54) is 0 Å². The van der Waals surface area contributed by atoms with Crippen molar-refractivity contribution in [2.45, 2.75) is 26.8 Å². The molecule has 16 heavy (non-hydrogen) atoms. The third-order valence-corrected chi connectivity index (χ3v) is 2.95. The predicted octanol–water partition coefficient (Wildman–Crippen LogP) is 2.30. The second kappa shape index (κ2) is 4.10. The Hall–Kier alpha value is -1.61. The molecule has 3 heteroatoms. The van der Waals surface area contributed by atoms with Gasteiger partial charge in [0, 0.05) is 36.4 Å². The van der Waals surface area contributed by atoms with Crippen molar-refractivity contribution in [2.24, 2.45) is 5.73 Å². The molecule has 3 nitrogen and oxygen atoms in total. The number of hydrogen-bond acceptors (Lipinski definition) is 2. The topological polar surface area (TPSA) is 47.5 Å². The minimum absolute atomic E-state index is 0.190. The molecule has 2 aromatic heterocycles. The molecule has 0 saturated heterocycles. The molecule has 2 heterocycles. The maximum Gasteiger partial charge on any atom is 0.162 e. The summed E-state index contributed by atoms with van der Waals surface area (Å²) in [5.41, 5.74) is 9.62. The van der Waals surface area contributed by atoms with Gasteiger partial charge >= 0.3 is 0 Å². The van der Waals surface area contributed by atoms with Gasteiger partial charge in [0.15, 0.2) is 5.78 Å². The molecule has 0 amide bonds. The van der Waals surface area contributed by atoms with E-state index in [-0.39, 0.29) is 5.78 Å². The van der Waals surface area contributed by atoms with Gasteiger partial charge in [0.05, 0.1) is 0 Å². The first-order valence-electron chi connectivity index (χ1n) is 5.50. The lowest BCUT2D eigenvalue weighted by atomic mass is 10.0. The van der Waals surface area contributed by atoms with Crippen LogP contribution in [0.2, 0.25) is 0 Å². The molecule has 0 unspecified atom stereocenters. The number of nitrogens with zero attached hydrogens (tertiary/aromatic N) is 1. The number of aromatic nitrogens is 1. The highest BCUT2D eigenvalue weighted by Crippen LogP contribution is 2.19. The van der Waals surface area contributed by atoms with E-state index in [2.05, 4.69) is 0 Å². The van der Waals surface area contributed by atoms with Crippen molar-refractivity contribution >= 4 is 11.3 Å². The van der Waals surface area contributed by atoms with Crippen LogP contribution in [0.1, 0.15) is 34.8 Å². The number of Topliss-reactive ketones (excluding diaryl/α,β-unsaturated/α-hetero) is 1. The molecule has 0 atom stereocenters. The molecule has 84 valence electrons. The van der Waals surface area contributed by atoms with Crippen LogP contribution >= 0.6 is 0 Å².